The van der Waals surface area contributed by atoms with Crippen LogP contribution in [0.5, 0.6) is 0 Å². The van der Waals surface area contributed by atoms with Gasteiger partial charge in [-0.3, -0.25) is 9.59 Å². The number of carbonyl (C=O) groups is 2. The fourth-order valence-electron chi connectivity index (χ4n) is 1.67. The molecule has 1 amide bonds. The van der Waals surface area contributed by atoms with Gasteiger partial charge >= 0.3 is 5.97 Å². The zero-order valence-electron chi connectivity index (χ0n) is 10.9. The number of aromatic amines is 1. The van der Waals surface area contributed by atoms with Gasteiger partial charge in [0, 0.05) is 5.39 Å². The summed E-state index contributed by atoms with van der Waals surface area (Å²) < 4.78 is 4.83. The molecule has 2 N–H and O–H groups in total. The average molecular weight is 285 g/mol. The van der Waals surface area contributed by atoms with E-state index in [4.69, 9.17) is 11.2 Å². The van der Waals surface area contributed by atoms with Gasteiger partial charge in [0.1, 0.15) is 0 Å². The van der Waals surface area contributed by atoms with Crippen LogP contribution in [-0.4, -0.2) is 35.2 Å². The number of fused-ring (bicyclic) bond motifs is 1. The Balaban J connectivity index is 2.17. The van der Waals surface area contributed by atoms with Gasteiger partial charge in [0.15, 0.2) is 12.3 Å². The molecule has 0 saturated heterocycles. The molecule has 0 radical (unpaired) electrons. The van der Waals surface area contributed by atoms with Crippen LogP contribution in [0.15, 0.2) is 29.1 Å². The zero-order valence-corrected chi connectivity index (χ0v) is 10.9. The normalized spacial score (nSPS) is 9.86. The number of hydrogen-bond donors (Lipinski definition) is 2. The maximum absolute atomic E-state index is 11.9. The molecule has 0 spiro atoms. The summed E-state index contributed by atoms with van der Waals surface area (Å²) in [6, 6.07) is 6.47. The van der Waals surface area contributed by atoms with Crippen molar-refractivity contribution in [1.82, 2.24) is 15.5 Å². The van der Waals surface area contributed by atoms with Crippen LogP contribution in [0.25, 0.3) is 10.8 Å². The molecule has 7 heteroatoms. The maximum Gasteiger partial charge on any atom is 0.359 e. The summed E-state index contributed by atoms with van der Waals surface area (Å²) in [6.45, 7) is -0.425. The summed E-state index contributed by atoms with van der Waals surface area (Å²) >= 11 is 0. The highest BCUT2D eigenvalue weighted by Gasteiger charge is 2.16. The Morgan fingerprint density at radius 2 is 2.05 bits per heavy atom. The summed E-state index contributed by atoms with van der Waals surface area (Å²) in [7, 11) is 0. The Hall–Kier alpha value is -3.14. The molecule has 106 valence electrons. The Labute approximate surface area is 119 Å². The van der Waals surface area contributed by atoms with E-state index < -0.39 is 24.0 Å². The van der Waals surface area contributed by atoms with Crippen molar-refractivity contribution < 1.29 is 14.3 Å². The van der Waals surface area contributed by atoms with Crippen molar-refractivity contribution in [3.05, 3.63) is 40.3 Å². The molecule has 0 fully saturated rings. The maximum atomic E-state index is 11.9. The molecular formula is C14H11N3O4. The number of terminal acetylenes is 1. The third-order valence-electron chi connectivity index (χ3n) is 2.61. The van der Waals surface area contributed by atoms with Gasteiger partial charge in [-0.1, -0.05) is 24.1 Å². The second kappa shape index (κ2) is 6.34. The highest BCUT2D eigenvalue weighted by molar-refractivity contribution is 6.02. The summed E-state index contributed by atoms with van der Waals surface area (Å²) in [5.41, 5.74) is -0.469. The number of ether oxygens (including phenoxy) is 1. The molecule has 1 aromatic carbocycles. The lowest BCUT2D eigenvalue weighted by molar-refractivity contribution is -0.123. The van der Waals surface area contributed by atoms with Crippen molar-refractivity contribution in [2.75, 3.05) is 13.2 Å². The second-order valence-electron chi connectivity index (χ2n) is 4.00. The fourth-order valence-corrected chi connectivity index (χ4v) is 1.67. The summed E-state index contributed by atoms with van der Waals surface area (Å²) in [5, 5.41) is 8.91. The van der Waals surface area contributed by atoms with Crippen molar-refractivity contribution in [2.45, 2.75) is 0 Å². The molecule has 2 rings (SSSR count). The van der Waals surface area contributed by atoms with Crippen LogP contribution in [0.4, 0.5) is 0 Å². The van der Waals surface area contributed by atoms with Crippen LogP contribution in [0.3, 0.4) is 0 Å². The van der Waals surface area contributed by atoms with Crippen LogP contribution < -0.4 is 10.9 Å². The SMILES string of the molecule is C#CCNC(=O)COC(=O)c1n[nH]c(=O)c2ccccc12. The van der Waals surface area contributed by atoms with Crippen molar-refractivity contribution in [2.24, 2.45) is 0 Å². The van der Waals surface area contributed by atoms with Gasteiger partial charge in [0.2, 0.25) is 0 Å². The smallest absolute Gasteiger partial charge is 0.359 e. The van der Waals surface area contributed by atoms with E-state index in [9.17, 15) is 14.4 Å². The molecule has 1 heterocycles. The van der Waals surface area contributed by atoms with E-state index in [1.54, 1.807) is 24.3 Å². The van der Waals surface area contributed by atoms with Crippen molar-refractivity contribution in [3.63, 3.8) is 0 Å². The molecule has 0 bridgehead atoms. The summed E-state index contributed by atoms with van der Waals surface area (Å²) in [6.07, 6.45) is 4.98. The predicted octanol–water partition coefficient (Wildman–Crippen LogP) is -0.171. The topological polar surface area (TPSA) is 101 Å². The number of benzene rings is 1. The fraction of sp³-hybridized carbons (Fsp3) is 0.143. The first-order valence-corrected chi connectivity index (χ1v) is 5.98. The van der Waals surface area contributed by atoms with E-state index in [1.165, 1.54) is 0 Å². The number of carbonyl (C=O) groups excluding carboxylic acids is 2. The highest BCUT2D eigenvalue weighted by Crippen LogP contribution is 2.13. The van der Waals surface area contributed by atoms with Crippen LogP contribution in [-0.2, 0) is 9.53 Å². The minimum atomic E-state index is -0.807. The van der Waals surface area contributed by atoms with E-state index in [1.807, 2.05) is 0 Å². The minimum absolute atomic E-state index is 0.0518. The van der Waals surface area contributed by atoms with Gasteiger partial charge in [-0.15, -0.1) is 6.42 Å². The molecule has 0 aliphatic rings. The zero-order chi connectivity index (χ0) is 15.2. The first-order chi connectivity index (χ1) is 10.1. The first kappa shape index (κ1) is 14.3. The largest absolute Gasteiger partial charge is 0.451 e. The van der Waals surface area contributed by atoms with Crippen LogP contribution >= 0.6 is 0 Å². The number of H-pyrrole nitrogens is 1. The third kappa shape index (κ3) is 3.25. The third-order valence-corrected chi connectivity index (χ3v) is 2.61. The van der Waals surface area contributed by atoms with Crippen LogP contribution in [0.1, 0.15) is 10.5 Å². The quantitative estimate of drug-likeness (QED) is 0.600. The molecule has 21 heavy (non-hydrogen) atoms. The molecule has 1 aromatic heterocycles. The molecular weight excluding hydrogens is 274 g/mol. The van der Waals surface area contributed by atoms with E-state index in [-0.39, 0.29) is 12.2 Å². The van der Waals surface area contributed by atoms with Gasteiger partial charge < -0.3 is 10.1 Å². The van der Waals surface area contributed by atoms with Crippen molar-refractivity contribution in [1.29, 1.82) is 0 Å². The van der Waals surface area contributed by atoms with Gasteiger partial charge in [0.05, 0.1) is 11.9 Å². The van der Waals surface area contributed by atoms with Crippen LogP contribution in [0.2, 0.25) is 0 Å². The second-order valence-corrected chi connectivity index (χ2v) is 4.00. The summed E-state index contributed by atoms with van der Waals surface area (Å²) in [5.74, 6) is 0.898. The number of amides is 1. The number of aromatic nitrogens is 2. The Kier molecular flexibility index (Phi) is 4.31. The minimum Gasteiger partial charge on any atom is -0.451 e. The average Bonchev–Trinajstić information content (AvgIpc) is 2.51. The van der Waals surface area contributed by atoms with Gasteiger partial charge in [-0.25, -0.2) is 9.89 Å². The lowest BCUT2D eigenvalue weighted by Gasteiger charge is -2.06. The summed E-state index contributed by atoms with van der Waals surface area (Å²) in [4.78, 5) is 34.8. The molecule has 0 unspecified atom stereocenters. The Morgan fingerprint density at radius 3 is 2.76 bits per heavy atom. The molecule has 2 aromatic rings. The molecule has 0 aliphatic heterocycles. The highest BCUT2D eigenvalue weighted by atomic mass is 16.5. The van der Waals surface area contributed by atoms with Gasteiger partial charge in [-0.05, 0) is 6.07 Å². The number of esters is 1. The van der Waals surface area contributed by atoms with Gasteiger partial charge in [-0.2, -0.15) is 5.10 Å². The monoisotopic (exact) mass is 285 g/mol. The Morgan fingerprint density at radius 1 is 1.33 bits per heavy atom. The molecule has 0 saturated carbocycles. The van der Waals surface area contributed by atoms with Crippen LogP contribution in [0, 0.1) is 12.3 Å². The Bertz CT molecular complexity index is 789. The predicted molar refractivity (Wildman–Crippen MR) is 74.5 cm³/mol. The standard InChI is InChI=1S/C14H11N3O4/c1-2-7-15-11(18)8-21-14(20)12-9-5-3-4-6-10(9)13(19)17-16-12/h1,3-6H,7-8H2,(H,15,18)(H,17,19). The molecule has 0 atom stereocenters. The van der Waals surface area contributed by atoms with E-state index in [2.05, 4.69) is 21.4 Å². The van der Waals surface area contributed by atoms with Crippen molar-refractivity contribution >= 4 is 22.6 Å². The van der Waals surface area contributed by atoms with Crippen molar-refractivity contribution in [3.8, 4) is 12.3 Å². The molecule has 7 nitrogen and oxygen atoms in total. The van der Waals surface area contributed by atoms with E-state index in [0.29, 0.717) is 10.8 Å². The lowest BCUT2D eigenvalue weighted by Crippen LogP contribution is -2.29. The number of nitrogens with zero attached hydrogens (tertiary/aromatic N) is 1. The first-order valence-electron chi connectivity index (χ1n) is 5.98. The molecule has 0 aliphatic carbocycles. The number of hydrogen-bond acceptors (Lipinski definition) is 5. The van der Waals surface area contributed by atoms with E-state index in [0.717, 1.165) is 0 Å². The number of rotatable bonds is 4. The van der Waals surface area contributed by atoms with E-state index >= 15 is 0 Å². The number of nitrogens with one attached hydrogen (secondary N) is 2. The van der Waals surface area contributed by atoms with Gasteiger partial charge in [0.25, 0.3) is 11.5 Å². The lowest BCUT2D eigenvalue weighted by atomic mass is 10.1.